The van der Waals surface area contributed by atoms with Crippen molar-refractivity contribution in [1.29, 1.82) is 10.5 Å². The van der Waals surface area contributed by atoms with E-state index in [0.29, 0.717) is 0 Å². The second-order valence-corrected chi connectivity index (χ2v) is 1.36. The molecule has 0 amide bonds. The van der Waals surface area contributed by atoms with Gasteiger partial charge in [0.1, 0.15) is 0 Å². The van der Waals surface area contributed by atoms with Crippen LogP contribution in [0, 0.1) is 22.7 Å². The van der Waals surface area contributed by atoms with E-state index in [4.69, 9.17) is 10.5 Å². The highest BCUT2D eigenvalue weighted by Gasteiger charge is 1.61. The zero-order valence-electron chi connectivity index (χ0n) is 5.36. The summed E-state index contributed by atoms with van der Waals surface area (Å²) < 4.78 is 0. The van der Waals surface area contributed by atoms with Gasteiger partial charge in [-0.3, -0.25) is 0 Å². The van der Waals surface area contributed by atoms with Crippen LogP contribution >= 0.6 is 0 Å². The maximum absolute atomic E-state index is 8.03. The molecular weight excluding hydrogens is 124 g/mol. The van der Waals surface area contributed by atoms with E-state index < -0.39 is 0 Å². The largest absolute Gasteiger partial charge is 0.193 e. The van der Waals surface area contributed by atoms with Crippen LogP contribution in [0.1, 0.15) is 0 Å². The van der Waals surface area contributed by atoms with Crippen molar-refractivity contribution in [3.8, 4) is 12.1 Å². The maximum atomic E-state index is 8.03. The molecule has 0 unspecified atom stereocenters. The fourth-order valence-electron chi connectivity index (χ4n) is 0.325. The van der Waals surface area contributed by atoms with Crippen LogP contribution in [0.2, 0.25) is 0 Å². The Labute approximate surface area is 60.0 Å². The zero-order valence-corrected chi connectivity index (χ0v) is 5.36. The Morgan fingerprint density at radius 2 is 1.10 bits per heavy atom. The van der Waals surface area contributed by atoms with E-state index in [2.05, 4.69) is 0 Å². The molecule has 0 aliphatic carbocycles. The van der Waals surface area contributed by atoms with Gasteiger partial charge in [0, 0.05) is 12.2 Å². The molecule has 0 aromatic heterocycles. The Kier molecular flexibility index (Phi) is 5.90. The first-order valence-electron chi connectivity index (χ1n) is 2.69. The standard InChI is InChI=1S/C8H6N2/c9-7-5-3-1-2-4-6-8-10/h1-6H. The number of rotatable bonds is 2. The van der Waals surface area contributed by atoms with E-state index in [0.717, 1.165) is 0 Å². The van der Waals surface area contributed by atoms with Gasteiger partial charge < -0.3 is 0 Å². The van der Waals surface area contributed by atoms with E-state index in [1.165, 1.54) is 12.2 Å². The highest BCUT2D eigenvalue weighted by molar-refractivity contribution is 5.18. The molecule has 0 aromatic rings. The normalized spacial score (nSPS) is 10.6. The van der Waals surface area contributed by atoms with Gasteiger partial charge in [-0.05, 0) is 0 Å². The van der Waals surface area contributed by atoms with Crippen molar-refractivity contribution in [1.82, 2.24) is 0 Å². The first-order valence-corrected chi connectivity index (χ1v) is 2.69. The van der Waals surface area contributed by atoms with Gasteiger partial charge in [0.2, 0.25) is 0 Å². The van der Waals surface area contributed by atoms with Gasteiger partial charge in [0.05, 0.1) is 12.1 Å². The molecule has 2 heteroatoms. The lowest BCUT2D eigenvalue weighted by molar-refractivity contribution is 1.53. The molecule has 0 fully saturated rings. The van der Waals surface area contributed by atoms with Gasteiger partial charge >= 0.3 is 0 Å². The summed E-state index contributed by atoms with van der Waals surface area (Å²) in [5.41, 5.74) is 0. The van der Waals surface area contributed by atoms with Gasteiger partial charge in [-0.2, -0.15) is 10.5 Å². The van der Waals surface area contributed by atoms with Crippen molar-refractivity contribution in [2.75, 3.05) is 0 Å². The van der Waals surface area contributed by atoms with Crippen LogP contribution in [0.5, 0.6) is 0 Å². The van der Waals surface area contributed by atoms with Crippen LogP contribution in [-0.4, -0.2) is 0 Å². The summed E-state index contributed by atoms with van der Waals surface area (Å²) in [4.78, 5) is 0. The summed E-state index contributed by atoms with van der Waals surface area (Å²) in [5.74, 6) is 0. The molecule has 10 heavy (non-hydrogen) atoms. The van der Waals surface area contributed by atoms with Crippen LogP contribution in [0.15, 0.2) is 36.5 Å². The summed E-state index contributed by atoms with van der Waals surface area (Å²) in [7, 11) is 0. The van der Waals surface area contributed by atoms with Crippen LogP contribution in [0.25, 0.3) is 0 Å². The number of allylic oxidation sites excluding steroid dienone is 6. The maximum Gasteiger partial charge on any atom is 0.0912 e. The molecule has 0 aliphatic rings. The third kappa shape index (κ3) is 6.20. The minimum absolute atomic E-state index is 1.36. The molecular formula is C8H6N2. The van der Waals surface area contributed by atoms with E-state index >= 15 is 0 Å². The summed E-state index contributed by atoms with van der Waals surface area (Å²) in [6.45, 7) is 0. The topological polar surface area (TPSA) is 47.6 Å². The molecule has 2 nitrogen and oxygen atoms in total. The third-order valence-electron chi connectivity index (χ3n) is 0.675. The Bertz CT molecular complexity index is 207. The molecule has 0 bridgehead atoms. The van der Waals surface area contributed by atoms with E-state index in [1.54, 1.807) is 24.3 Å². The average Bonchev–Trinajstić information content (AvgIpc) is 1.97. The molecule has 0 rings (SSSR count). The Balaban J connectivity index is 3.62. The summed E-state index contributed by atoms with van der Waals surface area (Å²) >= 11 is 0. The lowest BCUT2D eigenvalue weighted by Crippen LogP contribution is -1.49. The summed E-state index contributed by atoms with van der Waals surface area (Å²) in [6.07, 6.45) is 9.27. The molecule has 0 saturated carbocycles. The predicted molar refractivity (Wildman–Crippen MR) is 38.6 cm³/mol. The van der Waals surface area contributed by atoms with Crippen LogP contribution in [0.3, 0.4) is 0 Å². The number of hydrogen-bond acceptors (Lipinski definition) is 2. The smallest absolute Gasteiger partial charge is 0.0912 e. The van der Waals surface area contributed by atoms with Crippen molar-refractivity contribution >= 4 is 0 Å². The second kappa shape index (κ2) is 7.20. The van der Waals surface area contributed by atoms with Crippen molar-refractivity contribution in [3.63, 3.8) is 0 Å². The quantitative estimate of drug-likeness (QED) is 0.422. The van der Waals surface area contributed by atoms with Crippen molar-refractivity contribution < 1.29 is 0 Å². The number of nitriles is 2. The Morgan fingerprint density at radius 3 is 1.40 bits per heavy atom. The molecule has 0 radical (unpaired) electrons. The molecule has 0 aliphatic heterocycles. The molecule has 48 valence electrons. The van der Waals surface area contributed by atoms with Crippen LogP contribution < -0.4 is 0 Å². The number of hydrogen-bond donors (Lipinski definition) is 0. The molecule has 0 atom stereocenters. The Morgan fingerprint density at radius 1 is 0.700 bits per heavy atom. The minimum Gasteiger partial charge on any atom is -0.193 e. The van der Waals surface area contributed by atoms with E-state index in [1.807, 2.05) is 12.1 Å². The highest BCUT2D eigenvalue weighted by Crippen LogP contribution is 1.77. The summed E-state index contributed by atoms with van der Waals surface area (Å²) in [6, 6.07) is 3.68. The minimum atomic E-state index is 1.36. The van der Waals surface area contributed by atoms with Crippen molar-refractivity contribution in [3.05, 3.63) is 36.5 Å². The predicted octanol–water partition coefficient (Wildman–Crippen LogP) is 1.70. The van der Waals surface area contributed by atoms with Gasteiger partial charge in [-0.1, -0.05) is 24.3 Å². The fraction of sp³-hybridized carbons (Fsp3) is 0. The average molecular weight is 130 g/mol. The van der Waals surface area contributed by atoms with Crippen molar-refractivity contribution in [2.24, 2.45) is 0 Å². The van der Waals surface area contributed by atoms with Gasteiger partial charge in [-0.25, -0.2) is 0 Å². The molecule has 0 N–H and O–H groups in total. The Hall–Kier alpha value is -1.80. The number of nitrogens with zero attached hydrogens (tertiary/aromatic N) is 2. The monoisotopic (exact) mass is 130 g/mol. The first-order chi connectivity index (χ1) is 4.91. The van der Waals surface area contributed by atoms with E-state index in [-0.39, 0.29) is 0 Å². The van der Waals surface area contributed by atoms with Crippen molar-refractivity contribution in [2.45, 2.75) is 0 Å². The first kappa shape index (κ1) is 8.20. The lowest BCUT2D eigenvalue weighted by Gasteiger charge is -1.66. The summed E-state index contributed by atoms with van der Waals surface area (Å²) in [5, 5.41) is 16.1. The van der Waals surface area contributed by atoms with Gasteiger partial charge in [0.25, 0.3) is 0 Å². The van der Waals surface area contributed by atoms with Crippen LogP contribution in [0.4, 0.5) is 0 Å². The molecule has 0 aromatic carbocycles. The van der Waals surface area contributed by atoms with Gasteiger partial charge in [-0.15, -0.1) is 0 Å². The van der Waals surface area contributed by atoms with Crippen LogP contribution in [-0.2, 0) is 0 Å². The molecule has 0 saturated heterocycles. The zero-order chi connectivity index (χ0) is 7.66. The molecule has 0 spiro atoms. The highest BCUT2D eigenvalue weighted by atomic mass is 14.2. The second-order valence-electron chi connectivity index (χ2n) is 1.36. The SMILES string of the molecule is N#CC=CC=CC=CC#N. The fourth-order valence-corrected chi connectivity index (χ4v) is 0.325. The molecule has 0 heterocycles. The third-order valence-corrected chi connectivity index (χ3v) is 0.675. The van der Waals surface area contributed by atoms with E-state index in [9.17, 15) is 0 Å². The van der Waals surface area contributed by atoms with Gasteiger partial charge in [0.15, 0.2) is 0 Å². The lowest BCUT2D eigenvalue weighted by atomic mass is 10.4.